The molecule has 0 spiro atoms. The van der Waals surface area contributed by atoms with Gasteiger partial charge in [0.05, 0.1) is 5.69 Å². The summed E-state index contributed by atoms with van der Waals surface area (Å²) in [4.78, 5) is 2.42. The van der Waals surface area contributed by atoms with Gasteiger partial charge in [-0.2, -0.15) is 9.40 Å². The third-order valence-corrected chi connectivity index (χ3v) is 7.90. The van der Waals surface area contributed by atoms with Gasteiger partial charge in [-0.25, -0.2) is 8.42 Å². The summed E-state index contributed by atoms with van der Waals surface area (Å²) >= 11 is 6.19. The molecule has 2 aromatic carbocycles. The highest BCUT2D eigenvalue weighted by atomic mass is 35.5. The molecule has 0 saturated carbocycles. The molecule has 1 saturated heterocycles. The van der Waals surface area contributed by atoms with Crippen molar-refractivity contribution in [2.75, 3.05) is 26.2 Å². The van der Waals surface area contributed by atoms with Gasteiger partial charge in [0.15, 0.2) is 0 Å². The van der Waals surface area contributed by atoms with Crippen LogP contribution >= 0.6 is 11.6 Å². The predicted molar refractivity (Wildman–Crippen MR) is 111 cm³/mol. The third kappa shape index (κ3) is 3.43. The SMILES string of the molecule is Cc1nn(C)c(Cl)c1S(=O)(=O)N1CCN(Cc2cccc3ccccc23)CC1. The molecule has 4 rings (SSSR count). The van der Waals surface area contributed by atoms with Crippen molar-refractivity contribution in [2.24, 2.45) is 7.05 Å². The summed E-state index contributed by atoms with van der Waals surface area (Å²) in [6, 6.07) is 14.7. The van der Waals surface area contributed by atoms with E-state index < -0.39 is 10.0 Å². The minimum atomic E-state index is -3.64. The van der Waals surface area contributed by atoms with Crippen LogP contribution in [0.4, 0.5) is 0 Å². The standard InChI is InChI=1S/C20H23ClN4O2S/c1-15-19(20(21)23(2)22-15)28(26,27)25-12-10-24(11-13-25)14-17-8-5-7-16-6-3-4-9-18(16)17/h3-9H,10-14H2,1-2H3. The van der Waals surface area contributed by atoms with Gasteiger partial charge in [-0.15, -0.1) is 0 Å². The summed E-state index contributed by atoms with van der Waals surface area (Å²) in [5.41, 5.74) is 1.70. The first-order chi connectivity index (χ1) is 13.4. The van der Waals surface area contributed by atoms with E-state index in [1.165, 1.54) is 25.3 Å². The predicted octanol–water partition coefficient (Wildman–Crippen LogP) is 3.04. The molecule has 3 aromatic rings. The number of sulfonamides is 1. The molecule has 1 fully saturated rings. The second kappa shape index (κ2) is 7.48. The van der Waals surface area contributed by atoms with E-state index in [0.29, 0.717) is 31.9 Å². The van der Waals surface area contributed by atoms with Gasteiger partial charge in [0.25, 0.3) is 0 Å². The van der Waals surface area contributed by atoms with Crippen molar-refractivity contribution < 1.29 is 8.42 Å². The molecule has 148 valence electrons. The molecule has 1 aromatic heterocycles. The molecule has 28 heavy (non-hydrogen) atoms. The van der Waals surface area contributed by atoms with E-state index >= 15 is 0 Å². The third-order valence-electron chi connectivity index (χ3n) is 5.30. The second-order valence-corrected chi connectivity index (χ2v) is 9.38. The first kappa shape index (κ1) is 19.4. The Morgan fingerprint density at radius 2 is 1.71 bits per heavy atom. The van der Waals surface area contributed by atoms with Crippen molar-refractivity contribution in [3.8, 4) is 0 Å². The van der Waals surface area contributed by atoms with Crippen molar-refractivity contribution in [2.45, 2.75) is 18.4 Å². The Morgan fingerprint density at radius 1 is 1.04 bits per heavy atom. The molecule has 2 heterocycles. The van der Waals surface area contributed by atoms with E-state index in [1.807, 2.05) is 6.07 Å². The van der Waals surface area contributed by atoms with Crippen LogP contribution < -0.4 is 0 Å². The highest BCUT2D eigenvalue weighted by molar-refractivity contribution is 7.89. The zero-order valence-corrected chi connectivity index (χ0v) is 17.5. The summed E-state index contributed by atoms with van der Waals surface area (Å²) in [5.74, 6) is 0. The largest absolute Gasteiger partial charge is 0.296 e. The van der Waals surface area contributed by atoms with Crippen molar-refractivity contribution in [1.29, 1.82) is 0 Å². The van der Waals surface area contributed by atoms with Crippen molar-refractivity contribution in [1.82, 2.24) is 19.0 Å². The number of aryl methyl sites for hydroxylation is 2. The summed E-state index contributed by atoms with van der Waals surface area (Å²) < 4.78 is 29.0. The molecule has 0 unspecified atom stereocenters. The average Bonchev–Trinajstić information content (AvgIpc) is 2.95. The van der Waals surface area contributed by atoms with Gasteiger partial charge in [-0.05, 0) is 23.3 Å². The van der Waals surface area contributed by atoms with Crippen LogP contribution in [-0.4, -0.2) is 53.6 Å². The van der Waals surface area contributed by atoms with Crippen LogP contribution in [0.5, 0.6) is 0 Å². The topological polar surface area (TPSA) is 58.4 Å². The number of piperazine rings is 1. The Bertz CT molecular complexity index is 1110. The summed E-state index contributed by atoms with van der Waals surface area (Å²) in [5, 5.41) is 6.78. The van der Waals surface area contributed by atoms with Crippen LogP contribution in [0.25, 0.3) is 10.8 Å². The number of rotatable bonds is 4. The Balaban J connectivity index is 1.49. The fourth-order valence-electron chi connectivity index (χ4n) is 3.83. The van der Waals surface area contributed by atoms with E-state index in [0.717, 1.165) is 6.54 Å². The number of aromatic nitrogens is 2. The first-order valence-electron chi connectivity index (χ1n) is 9.26. The number of nitrogens with zero attached hydrogens (tertiary/aromatic N) is 4. The van der Waals surface area contributed by atoms with Gasteiger partial charge in [0.1, 0.15) is 10.0 Å². The average molecular weight is 419 g/mol. The smallest absolute Gasteiger partial charge is 0.248 e. The van der Waals surface area contributed by atoms with Gasteiger partial charge < -0.3 is 0 Å². The molecule has 0 radical (unpaired) electrons. The van der Waals surface area contributed by atoms with Gasteiger partial charge in [0, 0.05) is 39.8 Å². The van der Waals surface area contributed by atoms with E-state index in [2.05, 4.69) is 46.4 Å². The van der Waals surface area contributed by atoms with Crippen molar-refractivity contribution in [3.63, 3.8) is 0 Å². The number of fused-ring (bicyclic) bond motifs is 1. The Hall–Kier alpha value is -1.93. The molecule has 0 amide bonds. The Kier molecular flexibility index (Phi) is 5.18. The number of benzene rings is 2. The summed E-state index contributed by atoms with van der Waals surface area (Å²) in [6.07, 6.45) is 0. The molecule has 8 heteroatoms. The zero-order valence-electron chi connectivity index (χ0n) is 16.0. The van der Waals surface area contributed by atoms with Crippen LogP contribution in [0.2, 0.25) is 5.15 Å². The number of hydrogen-bond donors (Lipinski definition) is 0. The molecule has 0 atom stereocenters. The molecular weight excluding hydrogens is 396 g/mol. The molecule has 1 aliphatic heterocycles. The highest BCUT2D eigenvalue weighted by Crippen LogP contribution is 2.28. The monoisotopic (exact) mass is 418 g/mol. The van der Waals surface area contributed by atoms with Crippen LogP contribution in [0.15, 0.2) is 47.4 Å². The van der Waals surface area contributed by atoms with Gasteiger partial charge in [-0.1, -0.05) is 54.1 Å². The molecular formula is C20H23ClN4O2S. The van der Waals surface area contributed by atoms with Crippen molar-refractivity contribution in [3.05, 3.63) is 58.9 Å². The molecule has 0 aliphatic carbocycles. The van der Waals surface area contributed by atoms with E-state index in [1.54, 1.807) is 14.0 Å². The first-order valence-corrected chi connectivity index (χ1v) is 11.1. The van der Waals surface area contributed by atoms with E-state index in [-0.39, 0.29) is 10.0 Å². The molecule has 1 aliphatic rings. The lowest BCUT2D eigenvalue weighted by Gasteiger charge is -2.34. The summed E-state index contributed by atoms with van der Waals surface area (Å²) in [6.45, 7) is 4.73. The van der Waals surface area contributed by atoms with Gasteiger partial charge >= 0.3 is 0 Å². The Labute approximate surface area is 170 Å². The highest BCUT2D eigenvalue weighted by Gasteiger charge is 2.33. The molecule has 6 nitrogen and oxygen atoms in total. The lowest BCUT2D eigenvalue weighted by atomic mass is 10.0. The second-order valence-electron chi connectivity index (χ2n) is 7.15. The fourth-order valence-corrected chi connectivity index (χ4v) is 5.96. The minimum Gasteiger partial charge on any atom is -0.296 e. The number of hydrogen-bond acceptors (Lipinski definition) is 4. The van der Waals surface area contributed by atoms with Gasteiger partial charge in [0.2, 0.25) is 10.0 Å². The van der Waals surface area contributed by atoms with Crippen LogP contribution in [0.3, 0.4) is 0 Å². The quantitative estimate of drug-likeness (QED) is 0.653. The molecule has 0 N–H and O–H groups in total. The number of halogens is 1. The van der Waals surface area contributed by atoms with Gasteiger partial charge in [-0.3, -0.25) is 9.58 Å². The lowest BCUT2D eigenvalue weighted by molar-refractivity contribution is 0.182. The summed E-state index contributed by atoms with van der Waals surface area (Å²) in [7, 11) is -1.99. The zero-order chi connectivity index (χ0) is 19.9. The fraction of sp³-hybridized carbons (Fsp3) is 0.350. The van der Waals surface area contributed by atoms with Crippen molar-refractivity contribution >= 4 is 32.4 Å². The van der Waals surface area contributed by atoms with Crippen LogP contribution in [0, 0.1) is 6.92 Å². The Morgan fingerprint density at radius 3 is 2.39 bits per heavy atom. The van der Waals surface area contributed by atoms with Crippen LogP contribution in [-0.2, 0) is 23.6 Å². The maximum absolute atomic E-state index is 13.1. The maximum Gasteiger partial charge on any atom is 0.248 e. The normalized spacial score (nSPS) is 16.7. The van der Waals surface area contributed by atoms with E-state index in [9.17, 15) is 8.42 Å². The van der Waals surface area contributed by atoms with Crippen LogP contribution in [0.1, 0.15) is 11.3 Å². The lowest BCUT2D eigenvalue weighted by Crippen LogP contribution is -2.48. The minimum absolute atomic E-state index is 0.124. The van der Waals surface area contributed by atoms with E-state index in [4.69, 9.17) is 11.6 Å². The molecule has 0 bridgehead atoms. The maximum atomic E-state index is 13.1.